The number of hydrogen-bond acceptors (Lipinski definition) is 2. The molecule has 0 N–H and O–H groups in total. The maximum absolute atomic E-state index is 2.72. The fourth-order valence-electron chi connectivity index (χ4n) is 4.66. The SMILES string of the molecule is CC(C)c1cccc(C(C)C)c1N1[Si]N(c2c(C(C)C)cccc2C(C)C)C2=C1[SiH2]2. The van der Waals surface area contributed by atoms with Gasteiger partial charge in [-0.05, 0) is 45.9 Å². The minimum absolute atomic E-state index is 0.261. The van der Waals surface area contributed by atoms with Gasteiger partial charge in [0.05, 0.1) is 0 Å². The van der Waals surface area contributed by atoms with Crippen LogP contribution in [0.5, 0.6) is 0 Å². The molecule has 0 fully saturated rings. The molecule has 0 saturated carbocycles. The van der Waals surface area contributed by atoms with Crippen LogP contribution in [0.1, 0.15) is 101 Å². The fourth-order valence-corrected chi connectivity index (χ4v) is 8.47. The van der Waals surface area contributed by atoms with Crippen LogP contribution in [0.3, 0.4) is 0 Å². The molecule has 30 heavy (non-hydrogen) atoms. The number of rotatable bonds is 6. The summed E-state index contributed by atoms with van der Waals surface area (Å²) in [7, 11) is 0.399. The summed E-state index contributed by atoms with van der Waals surface area (Å²) in [6.45, 7) is 18.7. The molecule has 2 aliphatic heterocycles. The molecule has 0 atom stereocenters. The normalized spacial score (nSPS) is 16.0. The van der Waals surface area contributed by atoms with Gasteiger partial charge in [0.25, 0.3) is 0 Å². The van der Waals surface area contributed by atoms with Crippen molar-refractivity contribution in [1.29, 1.82) is 0 Å². The van der Waals surface area contributed by atoms with Crippen LogP contribution in [-0.2, 0) is 0 Å². The van der Waals surface area contributed by atoms with E-state index < -0.39 is 0 Å². The Balaban J connectivity index is 1.81. The zero-order valence-electron chi connectivity index (χ0n) is 19.9. The molecule has 2 aromatic carbocycles. The second kappa shape index (κ2) is 8.04. The van der Waals surface area contributed by atoms with E-state index in [0.717, 1.165) is 0 Å². The largest absolute Gasteiger partial charge is 0.355 e. The number of anilines is 2. The first kappa shape index (κ1) is 21.4. The fraction of sp³-hybridized carbons (Fsp3) is 0.462. The molecule has 2 heterocycles. The Hall–Kier alpha value is -1.79. The first-order valence-electron chi connectivity index (χ1n) is 11.6. The molecule has 0 spiro atoms. The highest BCUT2D eigenvalue weighted by atomic mass is 28.2. The predicted molar refractivity (Wildman–Crippen MR) is 136 cm³/mol. The molecule has 2 radical (unpaired) electrons. The molecule has 2 nitrogen and oxygen atoms in total. The lowest BCUT2D eigenvalue weighted by atomic mass is 9.92. The zero-order valence-corrected chi connectivity index (χ0v) is 22.3. The summed E-state index contributed by atoms with van der Waals surface area (Å²) in [4.78, 5) is 0. The van der Waals surface area contributed by atoms with Crippen molar-refractivity contribution < 1.29 is 0 Å². The molecule has 4 rings (SSSR count). The molecule has 4 heteroatoms. The van der Waals surface area contributed by atoms with Crippen LogP contribution in [0.15, 0.2) is 47.0 Å². The molecule has 158 valence electrons. The second-order valence-electron chi connectivity index (χ2n) is 10.0. The van der Waals surface area contributed by atoms with Gasteiger partial charge < -0.3 is 9.13 Å². The molecule has 0 unspecified atom stereocenters. The van der Waals surface area contributed by atoms with E-state index in [1.165, 1.54) is 33.6 Å². The van der Waals surface area contributed by atoms with Crippen LogP contribution in [0.4, 0.5) is 11.4 Å². The van der Waals surface area contributed by atoms with Gasteiger partial charge in [-0.25, -0.2) is 0 Å². The Labute approximate surface area is 188 Å². The van der Waals surface area contributed by atoms with Gasteiger partial charge in [-0.2, -0.15) is 0 Å². The van der Waals surface area contributed by atoms with Crippen LogP contribution >= 0.6 is 0 Å². The van der Waals surface area contributed by atoms with Crippen molar-refractivity contribution in [2.75, 3.05) is 9.13 Å². The lowest BCUT2D eigenvalue weighted by Crippen LogP contribution is -2.38. The third-order valence-electron chi connectivity index (χ3n) is 6.41. The van der Waals surface area contributed by atoms with E-state index in [-0.39, 0.29) is 9.52 Å². The number of hydrogen-bond donors (Lipinski definition) is 0. The van der Waals surface area contributed by atoms with E-state index >= 15 is 0 Å². The van der Waals surface area contributed by atoms with Gasteiger partial charge >= 0.3 is 9.84 Å². The molecule has 2 aliphatic rings. The molecule has 2 aromatic rings. The molecule has 0 aromatic heterocycles. The molecule has 0 bridgehead atoms. The Kier molecular flexibility index (Phi) is 5.75. The van der Waals surface area contributed by atoms with Crippen molar-refractivity contribution in [3.8, 4) is 0 Å². The highest BCUT2D eigenvalue weighted by Crippen LogP contribution is 2.48. The summed E-state index contributed by atoms with van der Waals surface area (Å²) >= 11 is 0. The lowest BCUT2D eigenvalue weighted by molar-refractivity contribution is 0.831. The van der Waals surface area contributed by atoms with Crippen molar-refractivity contribution in [3.63, 3.8) is 0 Å². The van der Waals surface area contributed by atoms with Crippen LogP contribution in [0.2, 0.25) is 0 Å². The van der Waals surface area contributed by atoms with Gasteiger partial charge in [0.1, 0.15) is 9.52 Å². The van der Waals surface area contributed by atoms with Gasteiger partial charge in [0.2, 0.25) is 0 Å². The van der Waals surface area contributed by atoms with Crippen LogP contribution in [0, 0.1) is 0 Å². The Morgan fingerprint density at radius 3 is 1.13 bits per heavy atom. The first-order valence-corrected chi connectivity index (χ1v) is 13.9. The van der Waals surface area contributed by atoms with Crippen molar-refractivity contribution >= 4 is 30.7 Å². The maximum atomic E-state index is 2.72. The Bertz CT molecular complexity index is 859. The summed E-state index contributed by atoms with van der Waals surface area (Å²) in [5.74, 6) is 2.15. The van der Waals surface area contributed by atoms with E-state index in [1.54, 1.807) is 10.6 Å². The van der Waals surface area contributed by atoms with Gasteiger partial charge in [-0.1, -0.05) is 91.8 Å². The van der Waals surface area contributed by atoms with E-state index in [9.17, 15) is 0 Å². The van der Waals surface area contributed by atoms with Crippen molar-refractivity contribution in [3.05, 3.63) is 69.3 Å². The smallest absolute Gasteiger partial charge is 0.341 e. The summed E-state index contributed by atoms with van der Waals surface area (Å²) in [6.07, 6.45) is 0. The first-order chi connectivity index (χ1) is 14.2. The third kappa shape index (κ3) is 3.58. The van der Waals surface area contributed by atoms with E-state index in [2.05, 4.69) is 101 Å². The number of nitrogens with zero attached hydrogens (tertiary/aromatic N) is 2. The molecular weight excluding hydrogens is 396 g/mol. The average molecular weight is 433 g/mol. The highest BCUT2D eigenvalue weighted by molar-refractivity contribution is 6.79. The summed E-state index contributed by atoms with van der Waals surface area (Å²) in [5, 5.41) is 3.35. The monoisotopic (exact) mass is 432 g/mol. The van der Waals surface area contributed by atoms with E-state index in [0.29, 0.717) is 33.5 Å². The standard InChI is InChI=1S/C26H36N2Si2/c1-15(2)19-11-9-12-20(16(3)4)23(19)27-25-26(29-25)28(30-27)24-21(17(5)6)13-10-14-22(24)18(7)8/h9-18H,29H2,1-8H3. The highest BCUT2D eigenvalue weighted by Gasteiger charge is 2.45. The number of benzene rings is 2. The lowest BCUT2D eigenvalue weighted by Gasteiger charge is -2.33. The molecular formula is C26H36N2Si2. The average Bonchev–Trinajstić information content (AvgIpc) is 3.40. The van der Waals surface area contributed by atoms with Gasteiger partial charge in [0, 0.05) is 22.0 Å². The minimum atomic E-state index is -0.261. The molecule has 0 saturated heterocycles. The van der Waals surface area contributed by atoms with Crippen LogP contribution in [-0.4, -0.2) is 19.4 Å². The Morgan fingerprint density at radius 2 is 0.867 bits per heavy atom. The van der Waals surface area contributed by atoms with E-state index in [4.69, 9.17) is 0 Å². The van der Waals surface area contributed by atoms with Crippen molar-refractivity contribution in [1.82, 2.24) is 0 Å². The third-order valence-corrected chi connectivity index (χ3v) is 10.1. The maximum Gasteiger partial charge on any atom is 0.341 e. The van der Waals surface area contributed by atoms with Gasteiger partial charge in [0.15, 0.2) is 0 Å². The zero-order chi connectivity index (χ0) is 21.7. The van der Waals surface area contributed by atoms with Crippen molar-refractivity contribution in [2.45, 2.75) is 79.1 Å². The molecule has 0 aliphatic carbocycles. The predicted octanol–water partition coefficient (Wildman–Crippen LogP) is 6.35. The van der Waals surface area contributed by atoms with Crippen LogP contribution < -0.4 is 9.13 Å². The minimum Gasteiger partial charge on any atom is -0.355 e. The second-order valence-corrected chi connectivity index (χ2v) is 12.8. The van der Waals surface area contributed by atoms with Gasteiger partial charge in [-0.3, -0.25) is 0 Å². The van der Waals surface area contributed by atoms with Gasteiger partial charge in [-0.15, -0.1) is 0 Å². The summed E-state index contributed by atoms with van der Waals surface area (Å²) in [6, 6.07) is 13.9. The topological polar surface area (TPSA) is 6.48 Å². The number of para-hydroxylation sites is 2. The summed E-state index contributed by atoms with van der Waals surface area (Å²) in [5.41, 5.74) is 9.03. The van der Waals surface area contributed by atoms with Crippen molar-refractivity contribution in [2.24, 2.45) is 0 Å². The quantitative estimate of drug-likeness (QED) is 0.491. The summed E-state index contributed by atoms with van der Waals surface area (Å²) < 4.78 is 5.43. The Morgan fingerprint density at radius 1 is 0.567 bits per heavy atom. The van der Waals surface area contributed by atoms with E-state index in [1.807, 2.05) is 0 Å². The molecule has 0 amide bonds. The van der Waals surface area contributed by atoms with Crippen LogP contribution in [0.25, 0.3) is 0 Å².